The minimum atomic E-state index is -0.206. The molecular formula is C27H20BrN3O2S. The minimum absolute atomic E-state index is 0.206. The molecule has 5 nitrogen and oxygen atoms in total. The Labute approximate surface area is 209 Å². The Hall–Kier alpha value is -3.55. The maximum absolute atomic E-state index is 13.5. The van der Waals surface area contributed by atoms with Crippen LogP contribution in [-0.4, -0.2) is 23.0 Å². The smallest absolute Gasteiger partial charge is 0.258 e. The molecule has 0 bridgehead atoms. The highest BCUT2D eigenvalue weighted by atomic mass is 79.9. The van der Waals surface area contributed by atoms with Crippen molar-refractivity contribution < 1.29 is 9.53 Å². The number of ether oxygens (including phenoxy) is 1. The SMILES string of the molecule is COc1ccc(-c2nc3ccccc3c(C(=O)Nc3nc(-c4ccc(Br)cc4)cs3)c2C)cc1. The number of para-hydroxylation sites is 1. The van der Waals surface area contributed by atoms with Crippen LogP contribution in [0.5, 0.6) is 5.75 Å². The summed E-state index contributed by atoms with van der Waals surface area (Å²) in [5, 5.41) is 6.30. The standard InChI is InChI=1S/C27H20BrN3O2S/c1-16-24(26(32)31-27-30-23(15-34-27)17-7-11-19(28)12-8-17)21-5-3-4-6-22(21)29-25(16)18-9-13-20(33-2)14-10-18/h3-15H,1-2H3,(H,30,31,32). The summed E-state index contributed by atoms with van der Waals surface area (Å²) < 4.78 is 6.29. The maximum Gasteiger partial charge on any atom is 0.258 e. The zero-order valence-electron chi connectivity index (χ0n) is 18.5. The third-order valence-corrected chi connectivity index (χ3v) is 6.88. The fourth-order valence-electron chi connectivity index (χ4n) is 3.87. The molecule has 3 aromatic carbocycles. The van der Waals surface area contributed by atoms with Crippen LogP contribution in [0.15, 0.2) is 82.6 Å². The van der Waals surface area contributed by atoms with Crippen LogP contribution >= 0.6 is 27.3 Å². The normalized spacial score (nSPS) is 10.9. The van der Waals surface area contributed by atoms with E-state index in [4.69, 9.17) is 9.72 Å². The van der Waals surface area contributed by atoms with E-state index in [0.717, 1.165) is 49.2 Å². The van der Waals surface area contributed by atoms with Gasteiger partial charge in [0.25, 0.3) is 5.91 Å². The molecule has 0 unspecified atom stereocenters. The van der Waals surface area contributed by atoms with E-state index in [1.54, 1.807) is 7.11 Å². The Morgan fingerprint density at radius 2 is 1.65 bits per heavy atom. The van der Waals surface area contributed by atoms with Crippen molar-refractivity contribution >= 4 is 49.2 Å². The summed E-state index contributed by atoms with van der Waals surface area (Å²) in [6, 6.07) is 23.3. The summed E-state index contributed by atoms with van der Waals surface area (Å²) in [5.74, 6) is 0.563. The molecule has 2 aromatic heterocycles. The number of rotatable bonds is 5. The number of aromatic nitrogens is 2. The van der Waals surface area contributed by atoms with Crippen molar-refractivity contribution in [2.45, 2.75) is 6.92 Å². The fourth-order valence-corrected chi connectivity index (χ4v) is 4.85. The van der Waals surface area contributed by atoms with Gasteiger partial charge in [0.1, 0.15) is 5.75 Å². The topological polar surface area (TPSA) is 64.1 Å². The number of hydrogen-bond acceptors (Lipinski definition) is 5. The van der Waals surface area contributed by atoms with E-state index in [9.17, 15) is 4.79 Å². The Morgan fingerprint density at radius 1 is 0.941 bits per heavy atom. The maximum atomic E-state index is 13.5. The van der Waals surface area contributed by atoms with Gasteiger partial charge < -0.3 is 4.74 Å². The predicted octanol–water partition coefficient (Wildman–Crippen LogP) is 7.36. The fraction of sp³-hybridized carbons (Fsp3) is 0.0741. The van der Waals surface area contributed by atoms with Gasteiger partial charge >= 0.3 is 0 Å². The van der Waals surface area contributed by atoms with Gasteiger partial charge in [0.2, 0.25) is 0 Å². The monoisotopic (exact) mass is 529 g/mol. The van der Waals surface area contributed by atoms with E-state index in [0.29, 0.717) is 10.7 Å². The number of carbonyl (C=O) groups excluding carboxylic acids is 1. The van der Waals surface area contributed by atoms with Gasteiger partial charge in [0, 0.05) is 26.4 Å². The lowest BCUT2D eigenvalue weighted by molar-refractivity contribution is 0.102. The van der Waals surface area contributed by atoms with Gasteiger partial charge in [0.15, 0.2) is 5.13 Å². The number of anilines is 1. The van der Waals surface area contributed by atoms with Crippen molar-refractivity contribution in [3.8, 4) is 28.3 Å². The first-order chi connectivity index (χ1) is 16.5. The molecule has 0 aliphatic carbocycles. The molecule has 7 heteroatoms. The summed E-state index contributed by atoms with van der Waals surface area (Å²) in [6.07, 6.45) is 0. The van der Waals surface area contributed by atoms with Gasteiger partial charge in [-0.2, -0.15) is 0 Å². The highest BCUT2D eigenvalue weighted by Crippen LogP contribution is 2.32. The number of nitrogens with zero attached hydrogens (tertiary/aromatic N) is 2. The van der Waals surface area contributed by atoms with Gasteiger partial charge in [0.05, 0.1) is 29.6 Å². The second-order valence-corrected chi connectivity index (χ2v) is 9.48. The van der Waals surface area contributed by atoms with Crippen molar-refractivity contribution in [2.75, 3.05) is 12.4 Å². The summed E-state index contributed by atoms with van der Waals surface area (Å²) in [6.45, 7) is 1.93. The molecule has 0 saturated carbocycles. The van der Waals surface area contributed by atoms with Crippen LogP contribution in [0.1, 0.15) is 15.9 Å². The van der Waals surface area contributed by atoms with E-state index in [1.165, 1.54) is 11.3 Å². The lowest BCUT2D eigenvalue weighted by Gasteiger charge is -2.14. The molecule has 0 fully saturated rings. The first-order valence-corrected chi connectivity index (χ1v) is 12.3. The number of pyridine rings is 1. The Kier molecular flexibility index (Phi) is 6.13. The first kappa shape index (κ1) is 22.3. The number of nitrogens with one attached hydrogen (secondary N) is 1. The highest BCUT2D eigenvalue weighted by Gasteiger charge is 2.20. The van der Waals surface area contributed by atoms with Crippen molar-refractivity contribution in [3.63, 3.8) is 0 Å². The van der Waals surface area contributed by atoms with Crippen LogP contribution in [0, 0.1) is 6.92 Å². The molecule has 0 aliphatic rings. The Morgan fingerprint density at radius 3 is 2.38 bits per heavy atom. The van der Waals surface area contributed by atoms with Gasteiger partial charge in [-0.15, -0.1) is 11.3 Å². The molecule has 0 aliphatic heterocycles. The number of carbonyl (C=O) groups is 1. The van der Waals surface area contributed by atoms with E-state index >= 15 is 0 Å². The van der Waals surface area contributed by atoms with E-state index in [-0.39, 0.29) is 5.91 Å². The molecule has 5 aromatic rings. The summed E-state index contributed by atoms with van der Waals surface area (Å²) >= 11 is 4.86. The van der Waals surface area contributed by atoms with E-state index < -0.39 is 0 Å². The van der Waals surface area contributed by atoms with Gasteiger partial charge in [-0.05, 0) is 55.0 Å². The van der Waals surface area contributed by atoms with E-state index in [1.807, 2.05) is 85.1 Å². The zero-order valence-corrected chi connectivity index (χ0v) is 20.9. The summed E-state index contributed by atoms with van der Waals surface area (Å²) in [4.78, 5) is 23.0. The van der Waals surface area contributed by atoms with Crippen LogP contribution in [-0.2, 0) is 0 Å². The third-order valence-electron chi connectivity index (χ3n) is 5.59. The second-order valence-electron chi connectivity index (χ2n) is 7.70. The van der Waals surface area contributed by atoms with Gasteiger partial charge in [-0.25, -0.2) is 9.97 Å². The number of benzene rings is 3. The molecule has 34 heavy (non-hydrogen) atoms. The lowest BCUT2D eigenvalue weighted by Crippen LogP contribution is -2.15. The number of fused-ring (bicyclic) bond motifs is 1. The van der Waals surface area contributed by atoms with Crippen molar-refractivity contribution in [1.29, 1.82) is 0 Å². The molecule has 168 valence electrons. The number of methoxy groups -OCH3 is 1. The zero-order chi connectivity index (χ0) is 23.7. The minimum Gasteiger partial charge on any atom is -0.497 e. The van der Waals surface area contributed by atoms with Gasteiger partial charge in [-0.3, -0.25) is 10.1 Å². The van der Waals surface area contributed by atoms with Crippen molar-refractivity contribution in [2.24, 2.45) is 0 Å². The van der Waals surface area contributed by atoms with Crippen molar-refractivity contribution in [3.05, 3.63) is 93.8 Å². The molecule has 0 atom stereocenters. The Bertz CT molecular complexity index is 1500. The van der Waals surface area contributed by atoms with Crippen LogP contribution in [0.4, 0.5) is 5.13 Å². The second kappa shape index (κ2) is 9.37. The van der Waals surface area contributed by atoms with Gasteiger partial charge in [-0.1, -0.05) is 46.3 Å². The molecule has 1 N–H and O–H groups in total. The molecular weight excluding hydrogens is 510 g/mol. The average molecular weight is 530 g/mol. The van der Waals surface area contributed by atoms with E-state index in [2.05, 4.69) is 26.2 Å². The summed E-state index contributed by atoms with van der Waals surface area (Å²) in [5.41, 5.74) is 5.67. The molecule has 0 saturated heterocycles. The first-order valence-electron chi connectivity index (χ1n) is 10.6. The van der Waals surface area contributed by atoms with Crippen LogP contribution in [0.2, 0.25) is 0 Å². The number of thiazole rings is 1. The number of halogens is 1. The van der Waals surface area contributed by atoms with Crippen molar-refractivity contribution in [1.82, 2.24) is 9.97 Å². The molecule has 0 spiro atoms. The lowest BCUT2D eigenvalue weighted by atomic mass is 9.97. The third kappa shape index (κ3) is 4.32. The molecule has 5 rings (SSSR count). The quantitative estimate of drug-likeness (QED) is 0.258. The highest BCUT2D eigenvalue weighted by molar-refractivity contribution is 9.10. The van der Waals surface area contributed by atoms with Crippen LogP contribution < -0.4 is 10.1 Å². The summed E-state index contributed by atoms with van der Waals surface area (Å²) in [7, 11) is 1.64. The number of amides is 1. The van der Waals surface area contributed by atoms with Crippen LogP contribution in [0.3, 0.4) is 0 Å². The largest absolute Gasteiger partial charge is 0.497 e. The molecule has 2 heterocycles. The number of hydrogen-bond donors (Lipinski definition) is 1. The Balaban J connectivity index is 1.53. The average Bonchev–Trinajstić information content (AvgIpc) is 3.32. The van der Waals surface area contributed by atoms with Crippen LogP contribution in [0.25, 0.3) is 33.4 Å². The molecule has 1 amide bonds. The predicted molar refractivity (Wildman–Crippen MR) is 142 cm³/mol. The molecule has 0 radical (unpaired) electrons.